The molecule has 0 aromatic carbocycles. The van der Waals surface area contributed by atoms with Crippen molar-refractivity contribution in [1.82, 2.24) is 14.7 Å². The Kier molecular flexibility index (Phi) is 2.66. The molecule has 0 aliphatic carbocycles. The highest BCUT2D eigenvalue weighted by molar-refractivity contribution is 9.10. The van der Waals surface area contributed by atoms with Crippen molar-refractivity contribution in [2.24, 2.45) is 0 Å². The second-order valence-corrected chi connectivity index (χ2v) is 4.99. The second kappa shape index (κ2) is 3.66. The molecule has 0 atom stereocenters. The van der Waals surface area contributed by atoms with E-state index in [1.165, 1.54) is 11.3 Å². The van der Waals surface area contributed by atoms with Gasteiger partial charge in [-0.05, 0) is 36.8 Å². The highest BCUT2D eigenvalue weighted by Crippen LogP contribution is 2.27. The number of fused-ring (bicyclic) bond motifs is 1. The van der Waals surface area contributed by atoms with E-state index >= 15 is 0 Å². The molecule has 0 bridgehead atoms. The van der Waals surface area contributed by atoms with Gasteiger partial charge >= 0.3 is 0 Å². The molecule has 1 aromatic heterocycles. The molecule has 0 saturated carbocycles. The summed E-state index contributed by atoms with van der Waals surface area (Å²) in [6, 6.07) is 0.457. The second-order valence-electron chi connectivity index (χ2n) is 4.24. The molecule has 14 heavy (non-hydrogen) atoms. The molecule has 4 heteroatoms. The maximum Gasteiger partial charge on any atom is 0.132 e. The Hall–Kier alpha value is -0.350. The Bertz CT molecular complexity index is 343. The summed E-state index contributed by atoms with van der Waals surface area (Å²) in [5.41, 5.74) is 2.78. The molecule has 0 fully saturated rings. The first-order valence-corrected chi connectivity index (χ1v) is 5.83. The molecule has 0 N–H and O–H groups in total. The maximum absolute atomic E-state index is 4.53. The Morgan fingerprint density at radius 3 is 2.79 bits per heavy atom. The van der Waals surface area contributed by atoms with Crippen LogP contribution in [0, 0.1) is 0 Å². The van der Waals surface area contributed by atoms with Crippen molar-refractivity contribution in [2.45, 2.75) is 32.9 Å². The van der Waals surface area contributed by atoms with Crippen molar-refractivity contribution < 1.29 is 0 Å². The van der Waals surface area contributed by atoms with Gasteiger partial charge in [-0.1, -0.05) is 0 Å². The van der Waals surface area contributed by atoms with Gasteiger partial charge in [-0.2, -0.15) is 5.10 Å². The van der Waals surface area contributed by atoms with Gasteiger partial charge in [0.25, 0.3) is 0 Å². The van der Waals surface area contributed by atoms with Crippen molar-refractivity contribution >= 4 is 15.9 Å². The minimum Gasteiger partial charge on any atom is -0.302 e. The number of likely N-dealkylation sites (N-methyl/N-ethyl adjacent to an activating group) is 1. The summed E-state index contributed by atoms with van der Waals surface area (Å²) in [7, 11) is 2.15. The lowest BCUT2D eigenvalue weighted by Crippen LogP contribution is -2.27. The highest BCUT2D eigenvalue weighted by Gasteiger charge is 2.22. The third-order valence-corrected chi connectivity index (χ3v) is 3.35. The summed E-state index contributed by atoms with van der Waals surface area (Å²) in [6.45, 7) is 6.51. The highest BCUT2D eigenvalue weighted by atomic mass is 79.9. The molecule has 0 amide bonds. The Morgan fingerprint density at radius 2 is 2.14 bits per heavy atom. The SMILES string of the molecule is CC(C)n1nc(Br)c2c1CCN(C)C2. The number of hydrogen-bond donors (Lipinski definition) is 0. The van der Waals surface area contributed by atoms with Crippen LogP contribution < -0.4 is 0 Å². The van der Waals surface area contributed by atoms with E-state index in [9.17, 15) is 0 Å². The van der Waals surface area contributed by atoms with Crippen LogP contribution in [0.2, 0.25) is 0 Å². The van der Waals surface area contributed by atoms with Crippen molar-refractivity contribution in [3.63, 3.8) is 0 Å². The van der Waals surface area contributed by atoms with Gasteiger partial charge in [-0.3, -0.25) is 4.68 Å². The fourth-order valence-corrected chi connectivity index (χ4v) is 2.49. The average Bonchev–Trinajstić information content (AvgIpc) is 2.44. The van der Waals surface area contributed by atoms with Gasteiger partial charge in [0.1, 0.15) is 4.60 Å². The van der Waals surface area contributed by atoms with E-state index in [1.54, 1.807) is 0 Å². The fourth-order valence-electron chi connectivity index (χ4n) is 1.97. The molecule has 1 aliphatic heterocycles. The Balaban J connectivity index is 2.44. The molecule has 0 saturated heterocycles. The van der Waals surface area contributed by atoms with E-state index < -0.39 is 0 Å². The quantitative estimate of drug-likeness (QED) is 0.770. The fraction of sp³-hybridized carbons (Fsp3) is 0.700. The third-order valence-electron chi connectivity index (χ3n) is 2.72. The normalized spacial score (nSPS) is 17.5. The van der Waals surface area contributed by atoms with E-state index in [0.717, 1.165) is 24.1 Å². The van der Waals surface area contributed by atoms with Gasteiger partial charge in [-0.25, -0.2) is 0 Å². The van der Waals surface area contributed by atoms with E-state index in [2.05, 4.69) is 51.5 Å². The van der Waals surface area contributed by atoms with Crippen LogP contribution in [0.15, 0.2) is 4.60 Å². The molecular formula is C10H16BrN3. The summed E-state index contributed by atoms with van der Waals surface area (Å²) < 4.78 is 3.17. The van der Waals surface area contributed by atoms with Crippen molar-refractivity contribution in [1.29, 1.82) is 0 Å². The number of hydrogen-bond acceptors (Lipinski definition) is 2. The minimum atomic E-state index is 0.457. The lowest BCUT2D eigenvalue weighted by Gasteiger charge is -2.23. The lowest BCUT2D eigenvalue weighted by molar-refractivity contribution is 0.305. The van der Waals surface area contributed by atoms with Gasteiger partial charge < -0.3 is 4.90 Å². The van der Waals surface area contributed by atoms with E-state index in [4.69, 9.17) is 0 Å². The predicted octanol–water partition coefficient (Wildman–Crippen LogP) is 2.21. The first-order valence-electron chi connectivity index (χ1n) is 5.04. The number of aromatic nitrogens is 2. The van der Waals surface area contributed by atoms with E-state index in [1.807, 2.05) is 0 Å². The molecular weight excluding hydrogens is 242 g/mol. The van der Waals surface area contributed by atoms with Crippen LogP contribution in [-0.2, 0) is 13.0 Å². The summed E-state index contributed by atoms with van der Waals surface area (Å²) in [5, 5.41) is 4.53. The standard InChI is InChI=1S/C10H16BrN3/c1-7(2)14-9-4-5-13(3)6-8(9)10(11)12-14/h7H,4-6H2,1-3H3. The van der Waals surface area contributed by atoms with Gasteiger partial charge in [-0.15, -0.1) is 0 Å². The van der Waals surface area contributed by atoms with Crippen LogP contribution in [0.3, 0.4) is 0 Å². The Labute approximate surface area is 93.2 Å². The van der Waals surface area contributed by atoms with Crippen LogP contribution in [0.25, 0.3) is 0 Å². The molecule has 0 radical (unpaired) electrons. The predicted molar refractivity (Wildman–Crippen MR) is 60.4 cm³/mol. The monoisotopic (exact) mass is 257 g/mol. The zero-order valence-electron chi connectivity index (χ0n) is 8.92. The van der Waals surface area contributed by atoms with Gasteiger partial charge in [0, 0.05) is 36.8 Å². The van der Waals surface area contributed by atoms with Crippen LogP contribution in [0.5, 0.6) is 0 Å². The molecule has 78 valence electrons. The van der Waals surface area contributed by atoms with Crippen LogP contribution in [0.1, 0.15) is 31.1 Å². The van der Waals surface area contributed by atoms with Crippen LogP contribution >= 0.6 is 15.9 Å². The molecule has 1 aliphatic rings. The summed E-state index contributed by atoms with van der Waals surface area (Å²) in [6.07, 6.45) is 1.11. The largest absolute Gasteiger partial charge is 0.302 e. The average molecular weight is 258 g/mol. The van der Waals surface area contributed by atoms with Crippen molar-refractivity contribution in [2.75, 3.05) is 13.6 Å². The summed E-state index contributed by atoms with van der Waals surface area (Å²) in [5.74, 6) is 0. The van der Waals surface area contributed by atoms with E-state index in [-0.39, 0.29) is 0 Å². The summed E-state index contributed by atoms with van der Waals surface area (Å²) >= 11 is 3.54. The minimum absolute atomic E-state index is 0.457. The van der Waals surface area contributed by atoms with Crippen LogP contribution in [0.4, 0.5) is 0 Å². The van der Waals surface area contributed by atoms with Crippen LogP contribution in [-0.4, -0.2) is 28.3 Å². The first-order chi connectivity index (χ1) is 6.59. The van der Waals surface area contributed by atoms with Gasteiger partial charge in [0.05, 0.1) is 0 Å². The molecule has 2 heterocycles. The molecule has 0 spiro atoms. The molecule has 3 nitrogen and oxygen atoms in total. The number of nitrogens with zero attached hydrogens (tertiary/aromatic N) is 3. The number of rotatable bonds is 1. The number of halogens is 1. The van der Waals surface area contributed by atoms with Gasteiger partial charge in [0.15, 0.2) is 0 Å². The maximum atomic E-state index is 4.53. The van der Waals surface area contributed by atoms with Crippen molar-refractivity contribution in [3.8, 4) is 0 Å². The van der Waals surface area contributed by atoms with E-state index in [0.29, 0.717) is 6.04 Å². The third kappa shape index (κ3) is 1.61. The smallest absolute Gasteiger partial charge is 0.132 e. The lowest BCUT2D eigenvalue weighted by atomic mass is 10.1. The summed E-state index contributed by atoms with van der Waals surface area (Å²) in [4.78, 5) is 2.33. The first kappa shape index (κ1) is 10.2. The zero-order chi connectivity index (χ0) is 10.3. The molecule has 2 rings (SSSR count). The Morgan fingerprint density at radius 1 is 1.43 bits per heavy atom. The molecule has 0 unspecified atom stereocenters. The topological polar surface area (TPSA) is 21.1 Å². The van der Waals surface area contributed by atoms with Crippen molar-refractivity contribution in [3.05, 3.63) is 15.9 Å². The van der Waals surface area contributed by atoms with Gasteiger partial charge in [0.2, 0.25) is 0 Å². The molecule has 1 aromatic rings. The zero-order valence-corrected chi connectivity index (χ0v) is 10.5.